The summed E-state index contributed by atoms with van der Waals surface area (Å²) in [6.07, 6.45) is 0. The van der Waals surface area contributed by atoms with Crippen molar-refractivity contribution in [3.63, 3.8) is 0 Å². The van der Waals surface area contributed by atoms with Crippen LogP contribution >= 0.6 is 35.0 Å². The topological polar surface area (TPSA) is 52.3 Å². The van der Waals surface area contributed by atoms with Gasteiger partial charge in [0.05, 0.1) is 17.8 Å². The summed E-state index contributed by atoms with van der Waals surface area (Å²) in [5.74, 6) is 2.13. The van der Waals surface area contributed by atoms with Crippen molar-refractivity contribution in [2.45, 2.75) is 5.16 Å². The Hall–Kier alpha value is -2.02. The molecule has 126 valence electrons. The Labute approximate surface area is 158 Å². The van der Waals surface area contributed by atoms with Gasteiger partial charge in [0, 0.05) is 21.9 Å². The number of nitrogens with zero attached hydrogens (tertiary/aromatic N) is 4. The number of benzene rings is 2. The van der Waals surface area contributed by atoms with E-state index in [1.165, 1.54) is 0 Å². The first kappa shape index (κ1) is 16.4. The van der Waals surface area contributed by atoms with Crippen LogP contribution < -0.4 is 4.74 Å². The molecule has 0 fully saturated rings. The van der Waals surface area contributed by atoms with E-state index in [0.717, 1.165) is 27.7 Å². The number of rotatable bonds is 3. The van der Waals surface area contributed by atoms with Crippen LogP contribution in [0.3, 0.4) is 0 Å². The molecular weight excluding hydrogens is 379 g/mol. The molecule has 3 aromatic rings. The maximum absolute atomic E-state index is 6.33. The molecule has 4 rings (SSSR count). The van der Waals surface area contributed by atoms with Gasteiger partial charge in [-0.25, -0.2) is 0 Å². The van der Waals surface area contributed by atoms with Crippen LogP contribution in [0.15, 0.2) is 52.7 Å². The van der Waals surface area contributed by atoms with E-state index in [2.05, 4.69) is 10.2 Å². The molecule has 5 nitrogen and oxygen atoms in total. The van der Waals surface area contributed by atoms with Gasteiger partial charge in [-0.15, -0.1) is 10.2 Å². The van der Waals surface area contributed by atoms with Gasteiger partial charge in [0.1, 0.15) is 5.75 Å². The first-order chi connectivity index (χ1) is 12.2. The lowest BCUT2D eigenvalue weighted by molar-refractivity contribution is 0.415. The van der Waals surface area contributed by atoms with Gasteiger partial charge >= 0.3 is 0 Å². The molecule has 0 bridgehead atoms. The number of halogens is 2. The number of hydrogen-bond donors (Lipinski definition) is 0. The zero-order valence-corrected chi connectivity index (χ0v) is 15.4. The van der Waals surface area contributed by atoms with Gasteiger partial charge < -0.3 is 4.74 Å². The van der Waals surface area contributed by atoms with Crippen LogP contribution in [-0.4, -0.2) is 33.4 Å². The van der Waals surface area contributed by atoms with Crippen LogP contribution in [0.2, 0.25) is 10.0 Å². The van der Waals surface area contributed by atoms with Crippen LogP contribution in [0.4, 0.5) is 0 Å². The van der Waals surface area contributed by atoms with E-state index in [4.69, 9.17) is 33.0 Å². The first-order valence-corrected chi connectivity index (χ1v) is 9.16. The molecule has 0 N–H and O–H groups in total. The second-order valence-corrected chi connectivity index (χ2v) is 7.09. The zero-order valence-electron chi connectivity index (χ0n) is 13.1. The minimum Gasteiger partial charge on any atom is -0.497 e. The van der Waals surface area contributed by atoms with E-state index >= 15 is 0 Å². The van der Waals surface area contributed by atoms with Crippen LogP contribution in [0.1, 0.15) is 5.56 Å². The summed E-state index contributed by atoms with van der Waals surface area (Å²) in [6, 6.07) is 13.0. The predicted octanol–water partition coefficient (Wildman–Crippen LogP) is 4.62. The molecule has 0 saturated heterocycles. The van der Waals surface area contributed by atoms with Crippen molar-refractivity contribution in [2.24, 2.45) is 5.10 Å². The van der Waals surface area contributed by atoms with Crippen LogP contribution in [0.5, 0.6) is 5.75 Å². The number of fused-ring (bicyclic) bond motifs is 1. The Morgan fingerprint density at radius 1 is 1.08 bits per heavy atom. The SMILES string of the molecule is COc1ccc(-c2nnc3n2N=C(c2ccc(Cl)cc2Cl)CS3)cc1. The van der Waals surface area contributed by atoms with E-state index in [1.54, 1.807) is 29.6 Å². The van der Waals surface area contributed by atoms with Gasteiger partial charge in [0.2, 0.25) is 5.16 Å². The average molecular weight is 391 g/mol. The van der Waals surface area contributed by atoms with Gasteiger partial charge in [0.15, 0.2) is 5.82 Å². The Balaban J connectivity index is 1.77. The summed E-state index contributed by atoms with van der Waals surface area (Å²) in [5, 5.41) is 15.1. The van der Waals surface area contributed by atoms with Gasteiger partial charge in [-0.3, -0.25) is 0 Å². The number of thioether (sulfide) groups is 1. The molecule has 0 aliphatic carbocycles. The number of hydrogen-bond acceptors (Lipinski definition) is 5. The minimum absolute atomic E-state index is 0.578. The molecule has 2 aromatic carbocycles. The molecule has 0 atom stereocenters. The lowest BCUT2D eigenvalue weighted by atomic mass is 10.1. The lowest BCUT2D eigenvalue weighted by Gasteiger charge is -2.15. The number of methoxy groups -OCH3 is 1. The second kappa shape index (κ2) is 6.71. The van der Waals surface area contributed by atoms with E-state index in [-0.39, 0.29) is 0 Å². The van der Waals surface area contributed by atoms with Crippen molar-refractivity contribution in [3.05, 3.63) is 58.1 Å². The van der Waals surface area contributed by atoms with Crippen molar-refractivity contribution < 1.29 is 4.74 Å². The summed E-state index contributed by atoms with van der Waals surface area (Å²) in [5.41, 5.74) is 2.62. The van der Waals surface area contributed by atoms with Gasteiger partial charge in [-0.1, -0.05) is 41.0 Å². The molecule has 25 heavy (non-hydrogen) atoms. The second-order valence-electron chi connectivity index (χ2n) is 5.31. The number of ether oxygens (including phenoxy) is 1. The molecule has 0 spiro atoms. The van der Waals surface area contributed by atoms with Crippen LogP contribution in [0, 0.1) is 0 Å². The van der Waals surface area contributed by atoms with Crippen molar-refractivity contribution in [1.82, 2.24) is 14.9 Å². The first-order valence-electron chi connectivity index (χ1n) is 7.41. The van der Waals surface area contributed by atoms with Gasteiger partial charge in [-0.05, 0) is 36.4 Å². The minimum atomic E-state index is 0.578. The Kier molecular flexibility index (Phi) is 4.41. The van der Waals surface area contributed by atoms with Gasteiger partial charge in [-0.2, -0.15) is 9.78 Å². The highest BCUT2D eigenvalue weighted by atomic mass is 35.5. The Bertz CT molecular complexity index is 969. The molecule has 2 heterocycles. The van der Waals surface area contributed by atoms with E-state index < -0.39 is 0 Å². The highest BCUT2D eigenvalue weighted by molar-refractivity contribution is 7.99. The normalized spacial score (nSPS) is 13.3. The predicted molar refractivity (Wildman–Crippen MR) is 101 cm³/mol. The molecule has 1 aliphatic rings. The van der Waals surface area contributed by atoms with Crippen LogP contribution in [0.25, 0.3) is 11.4 Å². The molecule has 0 amide bonds. The van der Waals surface area contributed by atoms with Crippen molar-refractivity contribution in [3.8, 4) is 17.1 Å². The van der Waals surface area contributed by atoms with E-state index in [1.807, 2.05) is 36.4 Å². The molecule has 1 aromatic heterocycles. The molecule has 1 aliphatic heterocycles. The summed E-state index contributed by atoms with van der Waals surface area (Å²) >= 11 is 13.9. The molecule has 8 heteroatoms. The molecule has 0 saturated carbocycles. The van der Waals surface area contributed by atoms with Crippen molar-refractivity contribution in [1.29, 1.82) is 0 Å². The fraction of sp³-hybridized carbons (Fsp3) is 0.118. The third-order valence-electron chi connectivity index (χ3n) is 3.76. The Morgan fingerprint density at radius 3 is 2.60 bits per heavy atom. The standard InChI is InChI=1S/C17H12Cl2N4OS/c1-24-12-5-2-10(3-6-12)16-20-21-17-23(16)22-15(9-25-17)13-7-4-11(18)8-14(13)19/h2-8H,9H2,1H3. The smallest absolute Gasteiger partial charge is 0.212 e. The molecular formula is C17H12Cl2N4OS. The van der Waals surface area contributed by atoms with Crippen LogP contribution in [-0.2, 0) is 0 Å². The average Bonchev–Trinajstić information content (AvgIpc) is 3.05. The summed E-state index contributed by atoms with van der Waals surface area (Å²) in [7, 11) is 1.64. The monoisotopic (exact) mass is 390 g/mol. The largest absolute Gasteiger partial charge is 0.497 e. The third-order valence-corrected chi connectivity index (χ3v) is 5.24. The Morgan fingerprint density at radius 2 is 1.88 bits per heavy atom. The maximum atomic E-state index is 6.33. The molecule has 0 radical (unpaired) electrons. The van der Waals surface area contributed by atoms with E-state index in [0.29, 0.717) is 21.6 Å². The number of aromatic nitrogens is 3. The quantitative estimate of drug-likeness (QED) is 0.654. The summed E-state index contributed by atoms with van der Waals surface area (Å²) in [6.45, 7) is 0. The van der Waals surface area contributed by atoms with E-state index in [9.17, 15) is 0 Å². The highest BCUT2D eigenvalue weighted by Gasteiger charge is 2.22. The highest BCUT2D eigenvalue weighted by Crippen LogP contribution is 2.31. The maximum Gasteiger partial charge on any atom is 0.212 e. The van der Waals surface area contributed by atoms with Gasteiger partial charge in [0.25, 0.3) is 0 Å². The lowest BCUT2D eigenvalue weighted by Crippen LogP contribution is -2.14. The fourth-order valence-corrected chi connectivity index (χ4v) is 3.85. The van der Waals surface area contributed by atoms with Crippen molar-refractivity contribution >= 4 is 40.7 Å². The summed E-state index contributed by atoms with van der Waals surface area (Å²) < 4.78 is 6.94. The third kappa shape index (κ3) is 3.13. The van der Waals surface area contributed by atoms with Crippen molar-refractivity contribution in [2.75, 3.05) is 12.9 Å². The molecule has 0 unspecified atom stereocenters. The zero-order chi connectivity index (χ0) is 17.4. The fourth-order valence-electron chi connectivity index (χ4n) is 2.50. The summed E-state index contributed by atoms with van der Waals surface area (Å²) in [4.78, 5) is 0.